The highest BCUT2D eigenvalue weighted by Gasteiger charge is 2.36. The molecule has 2 heterocycles. The van der Waals surface area contributed by atoms with Crippen molar-refractivity contribution in [2.24, 2.45) is 0 Å². The van der Waals surface area contributed by atoms with Crippen LogP contribution in [0.1, 0.15) is 51.9 Å². The van der Waals surface area contributed by atoms with E-state index in [1.54, 1.807) is 0 Å². The number of carbonyl (C=O) groups excluding carboxylic acids is 1. The van der Waals surface area contributed by atoms with Gasteiger partial charge in [0.2, 0.25) is 0 Å². The van der Waals surface area contributed by atoms with Gasteiger partial charge in [0.05, 0.1) is 40.3 Å². The van der Waals surface area contributed by atoms with E-state index in [9.17, 15) is 4.79 Å². The lowest BCUT2D eigenvalue weighted by Crippen LogP contribution is -2.58. The summed E-state index contributed by atoms with van der Waals surface area (Å²) in [7, 11) is 4.70. The minimum absolute atomic E-state index is 0.0304. The molecule has 2 saturated heterocycles. The second-order valence-electron chi connectivity index (χ2n) is 8.09. The highest BCUT2D eigenvalue weighted by molar-refractivity contribution is 5.69. The number of ether oxygens (including phenoxy) is 1. The van der Waals surface area contributed by atoms with Gasteiger partial charge in [-0.05, 0) is 38.5 Å². The lowest BCUT2D eigenvalue weighted by molar-refractivity contribution is -0.936. The average molecular weight is 312 g/mol. The number of carbonyl (C=O) groups is 1. The summed E-state index contributed by atoms with van der Waals surface area (Å²) < 4.78 is 8.04. The molecule has 22 heavy (non-hydrogen) atoms. The van der Waals surface area contributed by atoms with Gasteiger partial charge in [0.1, 0.15) is 13.1 Å². The molecule has 0 aromatic heterocycles. The summed E-state index contributed by atoms with van der Waals surface area (Å²) in [6.07, 6.45) is 8.56. The van der Waals surface area contributed by atoms with Gasteiger partial charge in [-0.2, -0.15) is 0 Å². The zero-order chi connectivity index (χ0) is 16.1. The van der Waals surface area contributed by atoms with Crippen LogP contribution in [0, 0.1) is 0 Å². The third-order valence-electron chi connectivity index (χ3n) is 5.67. The first-order valence-electron chi connectivity index (χ1n) is 9.31. The van der Waals surface area contributed by atoms with Gasteiger partial charge >= 0.3 is 5.97 Å². The summed E-state index contributed by atoms with van der Waals surface area (Å²) in [4.78, 5) is 11.9. The van der Waals surface area contributed by atoms with Gasteiger partial charge in [0, 0.05) is 6.42 Å². The molecule has 0 bridgehead atoms. The molecule has 2 fully saturated rings. The molecule has 4 heteroatoms. The Labute approximate surface area is 136 Å². The molecule has 0 aromatic carbocycles. The van der Waals surface area contributed by atoms with Crippen LogP contribution in [0.4, 0.5) is 0 Å². The van der Waals surface area contributed by atoms with Crippen molar-refractivity contribution in [2.45, 2.75) is 58.0 Å². The van der Waals surface area contributed by atoms with E-state index in [0.717, 1.165) is 22.1 Å². The Morgan fingerprint density at radius 1 is 0.864 bits per heavy atom. The number of esters is 1. The SMILES string of the molecule is CCC(=O)OC(C[N+]1(C)CCCCC1)C[N+]1(C)CCCCC1. The van der Waals surface area contributed by atoms with Gasteiger partial charge in [-0.3, -0.25) is 4.79 Å². The van der Waals surface area contributed by atoms with Crippen molar-refractivity contribution in [3.05, 3.63) is 0 Å². The van der Waals surface area contributed by atoms with E-state index in [4.69, 9.17) is 4.74 Å². The Morgan fingerprint density at radius 3 is 1.64 bits per heavy atom. The van der Waals surface area contributed by atoms with Gasteiger partial charge < -0.3 is 13.7 Å². The Kier molecular flexibility index (Phi) is 6.27. The van der Waals surface area contributed by atoms with E-state index in [-0.39, 0.29) is 12.1 Å². The summed E-state index contributed by atoms with van der Waals surface area (Å²) in [6, 6.07) is 0. The van der Waals surface area contributed by atoms with Crippen LogP contribution in [0.3, 0.4) is 0 Å². The van der Waals surface area contributed by atoms with E-state index in [1.807, 2.05) is 6.92 Å². The van der Waals surface area contributed by atoms with E-state index >= 15 is 0 Å². The number of hydrogen-bond acceptors (Lipinski definition) is 2. The molecule has 0 aromatic rings. The standard InChI is InChI=1S/C18H36N2O2/c1-4-18(21)22-17(15-19(2)11-7-5-8-12-19)16-20(3)13-9-6-10-14-20/h17H,4-16H2,1-3H3/q+2. The van der Waals surface area contributed by atoms with E-state index in [2.05, 4.69) is 14.1 Å². The Bertz CT molecular complexity index is 332. The third kappa shape index (κ3) is 5.24. The quantitative estimate of drug-likeness (QED) is 0.556. The van der Waals surface area contributed by atoms with Crippen LogP contribution >= 0.6 is 0 Å². The smallest absolute Gasteiger partial charge is 0.306 e. The molecule has 0 N–H and O–H groups in total. The number of nitrogens with zero attached hydrogens (tertiary/aromatic N) is 2. The van der Waals surface area contributed by atoms with Gasteiger partial charge in [-0.1, -0.05) is 6.92 Å². The number of piperidine rings is 2. The van der Waals surface area contributed by atoms with Crippen LogP contribution in [0.25, 0.3) is 0 Å². The maximum Gasteiger partial charge on any atom is 0.306 e. The summed E-state index contributed by atoms with van der Waals surface area (Å²) in [5, 5.41) is 0. The number of hydrogen-bond donors (Lipinski definition) is 0. The molecule has 0 spiro atoms. The monoisotopic (exact) mass is 312 g/mol. The first kappa shape index (κ1) is 17.7. The summed E-state index contributed by atoms with van der Waals surface area (Å²) in [5.41, 5.74) is 0. The summed E-state index contributed by atoms with van der Waals surface area (Å²) in [6.45, 7) is 8.86. The van der Waals surface area contributed by atoms with Crippen molar-refractivity contribution in [2.75, 3.05) is 53.4 Å². The second-order valence-corrected chi connectivity index (χ2v) is 8.09. The number of rotatable bonds is 6. The molecular formula is C18H36N2O2+2. The van der Waals surface area contributed by atoms with Crippen molar-refractivity contribution >= 4 is 5.97 Å². The van der Waals surface area contributed by atoms with Crippen molar-refractivity contribution in [3.8, 4) is 0 Å². The molecule has 2 rings (SSSR count). The third-order valence-corrected chi connectivity index (χ3v) is 5.67. The van der Waals surface area contributed by atoms with E-state index < -0.39 is 0 Å². The number of likely N-dealkylation sites (N-methyl/N-ethyl adjacent to an activating group) is 2. The van der Waals surface area contributed by atoms with Crippen LogP contribution in [0.2, 0.25) is 0 Å². The first-order valence-corrected chi connectivity index (χ1v) is 9.31. The highest BCUT2D eigenvalue weighted by Crippen LogP contribution is 2.22. The maximum atomic E-state index is 11.9. The van der Waals surface area contributed by atoms with Gasteiger partial charge in [-0.15, -0.1) is 0 Å². The van der Waals surface area contributed by atoms with E-state index in [0.29, 0.717) is 6.42 Å². The van der Waals surface area contributed by atoms with Crippen molar-refractivity contribution in [1.29, 1.82) is 0 Å². The van der Waals surface area contributed by atoms with Crippen LogP contribution in [0.15, 0.2) is 0 Å². The van der Waals surface area contributed by atoms with Crippen LogP contribution in [0.5, 0.6) is 0 Å². The largest absolute Gasteiger partial charge is 0.450 e. The lowest BCUT2D eigenvalue weighted by Gasteiger charge is -2.43. The van der Waals surface area contributed by atoms with Crippen molar-refractivity contribution < 1.29 is 18.5 Å². The maximum absolute atomic E-state index is 11.9. The van der Waals surface area contributed by atoms with Crippen LogP contribution in [-0.4, -0.2) is 74.4 Å². The number of quaternary nitrogens is 2. The molecule has 0 radical (unpaired) electrons. The first-order chi connectivity index (χ1) is 10.4. The van der Waals surface area contributed by atoms with Crippen LogP contribution < -0.4 is 0 Å². The minimum atomic E-state index is -0.0304. The van der Waals surface area contributed by atoms with Crippen LogP contribution in [-0.2, 0) is 9.53 Å². The van der Waals surface area contributed by atoms with E-state index in [1.165, 1.54) is 64.7 Å². The molecule has 0 unspecified atom stereocenters. The number of likely N-dealkylation sites (tertiary alicyclic amines) is 2. The molecule has 2 aliphatic heterocycles. The Balaban J connectivity index is 1.99. The Hall–Kier alpha value is -0.610. The fourth-order valence-corrected chi connectivity index (χ4v) is 4.30. The normalized spacial score (nSPS) is 24.2. The second kappa shape index (κ2) is 7.78. The fourth-order valence-electron chi connectivity index (χ4n) is 4.30. The zero-order valence-electron chi connectivity index (χ0n) is 15.0. The highest BCUT2D eigenvalue weighted by atomic mass is 16.5. The molecule has 4 nitrogen and oxygen atoms in total. The molecule has 0 atom stereocenters. The van der Waals surface area contributed by atoms with Gasteiger partial charge in [0.15, 0.2) is 6.10 Å². The fraction of sp³-hybridized carbons (Fsp3) is 0.944. The predicted octanol–water partition coefficient (Wildman–Crippen LogP) is 2.57. The molecule has 128 valence electrons. The summed E-state index contributed by atoms with van der Waals surface area (Å²) >= 11 is 0. The van der Waals surface area contributed by atoms with Crippen molar-refractivity contribution in [3.63, 3.8) is 0 Å². The minimum Gasteiger partial charge on any atom is -0.450 e. The lowest BCUT2D eigenvalue weighted by atomic mass is 10.1. The average Bonchev–Trinajstić information content (AvgIpc) is 2.47. The predicted molar refractivity (Wildman–Crippen MR) is 89.4 cm³/mol. The van der Waals surface area contributed by atoms with Gasteiger partial charge in [0.25, 0.3) is 0 Å². The zero-order valence-corrected chi connectivity index (χ0v) is 15.0. The molecule has 0 aliphatic carbocycles. The topological polar surface area (TPSA) is 26.3 Å². The Morgan fingerprint density at radius 2 is 1.27 bits per heavy atom. The molecule has 0 saturated carbocycles. The molecular weight excluding hydrogens is 276 g/mol. The van der Waals surface area contributed by atoms with Gasteiger partial charge in [-0.25, -0.2) is 0 Å². The molecule has 0 amide bonds. The molecule has 2 aliphatic rings. The van der Waals surface area contributed by atoms with Crippen molar-refractivity contribution in [1.82, 2.24) is 0 Å². The summed E-state index contributed by atoms with van der Waals surface area (Å²) in [5.74, 6) is -0.0304.